The summed E-state index contributed by atoms with van der Waals surface area (Å²) in [5.74, 6) is 0.281. The third-order valence-electron chi connectivity index (χ3n) is 3.87. The van der Waals surface area contributed by atoms with Gasteiger partial charge in [-0.1, -0.05) is 24.6 Å². The topological polar surface area (TPSA) is 98.7 Å². The van der Waals surface area contributed by atoms with Crippen LogP contribution in [0.15, 0.2) is 5.16 Å². The molecule has 3 rings (SSSR count). The monoisotopic (exact) mass is 296 g/mol. The minimum atomic E-state index is -0.304. The van der Waals surface area contributed by atoms with Crippen LogP contribution in [0.3, 0.4) is 0 Å². The molecule has 0 radical (unpaired) electrons. The Hall–Kier alpha value is -1.15. The van der Waals surface area contributed by atoms with E-state index >= 15 is 0 Å². The average Bonchev–Trinajstić information content (AvgIpc) is 2.93. The number of amides is 1. The molecule has 1 heterocycles. The summed E-state index contributed by atoms with van der Waals surface area (Å²) in [4.78, 5) is 11.5. The van der Waals surface area contributed by atoms with E-state index in [1.165, 1.54) is 24.6 Å². The number of tetrazole rings is 1. The minimum Gasteiger partial charge on any atom is -0.368 e. The van der Waals surface area contributed by atoms with E-state index in [0.717, 1.165) is 30.8 Å². The second kappa shape index (κ2) is 6.09. The van der Waals surface area contributed by atoms with Crippen LogP contribution in [-0.2, 0) is 4.79 Å². The molecule has 2 saturated carbocycles. The summed E-state index contributed by atoms with van der Waals surface area (Å²) < 4.78 is 1.91. The van der Waals surface area contributed by atoms with E-state index in [1.807, 2.05) is 4.68 Å². The fraction of sp³-hybridized carbons (Fsp3) is 0.833. The average molecular weight is 296 g/mol. The first-order valence-corrected chi connectivity index (χ1v) is 8.18. The Morgan fingerprint density at radius 3 is 2.80 bits per heavy atom. The second-order valence-corrected chi connectivity index (χ2v) is 6.54. The van der Waals surface area contributed by atoms with E-state index in [1.54, 1.807) is 0 Å². The van der Waals surface area contributed by atoms with Gasteiger partial charge in [0, 0.05) is 11.8 Å². The highest BCUT2D eigenvalue weighted by atomic mass is 32.2. The van der Waals surface area contributed by atoms with Gasteiger partial charge in [0.1, 0.15) is 0 Å². The quantitative estimate of drug-likeness (QED) is 0.710. The van der Waals surface area contributed by atoms with Crippen molar-refractivity contribution in [1.82, 2.24) is 25.5 Å². The zero-order valence-electron chi connectivity index (χ0n) is 11.4. The first-order chi connectivity index (χ1) is 9.74. The van der Waals surface area contributed by atoms with Gasteiger partial charge in [0.25, 0.3) is 0 Å². The maximum Gasteiger partial charge on any atom is 0.235 e. The molecule has 0 aliphatic heterocycles. The summed E-state index contributed by atoms with van der Waals surface area (Å²) in [7, 11) is 0. The predicted octanol–water partition coefficient (Wildman–Crippen LogP) is 0.486. The Morgan fingerprint density at radius 2 is 2.15 bits per heavy atom. The number of rotatable bonds is 7. The lowest BCUT2D eigenvalue weighted by molar-refractivity contribution is -0.119. The smallest absolute Gasteiger partial charge is 0.235 e. The number of primary amides is 1. The number of nitrogens with two attached hydrogens (primary N) is 1. The number of nitrogens with zero attached hydrogens (tertiary/aromatic N) is 4. The molecule has 1 aromatic heterocycles. The van der Waals surface area contributed by atoms with E-state index in [0.29, 0.717) is 17.8 Å². The molecule has 110 valence electrons. The summed E-state index contributed by atoms with van der Waals surface area (Å²) in [6.45, 7) is 0. The van der Waals surface area contributed by atoms with Gasteiger partial charge in [0.05, 0.1) is 12.1 Å². The Labute approximate surface area is 122 Å². The van der Waals surface area contributed by atoms with Gasteiger partial charge in [0.15, 0.2) is 0 Å². The highest BCUT2D eigenvalue weighted by Gasteiger charge is 2.28. The maximum atomic E-state index is 11.5. The predicted molar refractivity (Wildman–Crippen MR) is 75.2 cm³/mol. The number of aromatic nitrogens is 4. The Balaban J connectivity index is 1.59. The summed E-state index contributed by atoms with van der Waals surface area (Å²) >= 11 is 1.51. The number of nitrogens with one attached hydrogen (secondary N) is 1. The van der Waals surface area contributed by atoms with Gasteiger partial charge in [-0.15, -0.1) is 5.10 Å². The zero-order chi connectivity index (χ0) is 13.9. The van der Waals surface area contributed by atoms with Crippen LogP contribution in [0.4, 0.5) is 0 Å². The van der Waals surface area contributed by atoms with Crippen LogP contribution in [0, 0.1) is 0 Å². The molecule has 1 unspecified atom stereocenters. The highest BCUT2D eigenvalue weighted by molar-refractivity contribution is 7.99. The van der Waals surface area contributed by atoms with Crippen LogP contribution in [0.25, 0.3) is 0 Å². The molecule has 2 aliphatic rings. The lowest BCUT2D eigenvalue weighted by Gasteiger charge is -2.15. The van der Waals surface area contributed by atoms with Crippen molar-refractivity contribution < 1.29 is 4.79 Å². The summed E-state index contributed by atoms with van der Waals surface area (Å²) in [6, 6.07) is 0.566. The fourth-order valence-corrected chi connectivity index (χ4v) is 3.55. The van der Waals surface area contributed by atoms with Gasteiger partial charge in [-0.05, 0) is 36.1 Å². The largest absolute Gasteiger partial charge is 0.368 e. The molecule has 1 atom stereocenters. The molecular formula is C12H20N6OS. The molecule has 7 nitrogen and oxygen atoms in total. The van der Waals surface area contributed by atoms with Crippen molar-refractivity contribution in [3.05, 3.63) is 0 Å². The third-order valence-corrected chi connectivity index (χ3v) is 4.90. The number of carbonyl (C=O) groups excluding carboxylic acids is 1. The lowest BCUT2D eigenvalue weighted by atomic mass is 10.3. The molecule has 0 saturated heterocycles. The van der Waals surface area contributed by atoms with Crippen LogP contribution in [-0.4, -0.2) is 44.0 Å². The molecule has 1 aromatic rings. The van der Waals surface area contributed by atoms with E-state index in [9.17, 15) is 4.79 Å². The number of hydrogen-bond acceptors (Lipinski definition) is 6. The number of thioether (sulfide) groups is 1. The summed E-state index contributed by atoms with van der Waals surface area (Å²) in [5.41, 5.74) is 5.44. The van der Waals surface area contributed by atoms with E-state index in [4.69, 9.17) is 5.73 Å². The minimum absolute atomic E-state index is 0.302. The Kier molecular flexibility index (Phi) is 4.21. The molecule has 0 aromatic carbocycles. The van der Waals surface area contributed by atoms with E-state index in [-0.39, 0.29) is 11.9 Å². The molecule has 1 amide bonds. The normalized spacial score (nSPS) is 21.2. The third kappa shape index (κ3) is 3.29. The fourth-order valence-electron chi connectivity index (χ4n) is 2.56. The van der Waals surface area contributed by atoms with Gasteiger partial charge >= 0.3 is 0 Å². The maximum absolute atomic E-state index is 11.5. The van der Waals surface area contributed by atoms with Gasteiger partial charge < -0.3 is 11.1 Å². The molecule has 20 heavy (non-hydrogen) atoms. The lowest BCUT2D eigenvalue weighted by Crippen LogP contribution is -2.44. The van der Waals surface area contributed by atoms with Gasteiger partial charge in [-0.25, -0.2) is 4.68 Å². The van der Waals surface area contributed by atoms with Crippen molar-refractivity contribution in [2.75, 3.05) is 5.75 Å². The number of carbonyl (C=O) groups is 1. The second-order valence-electron chi connectivity index (χ2n) is 5.55. The van der Waals surface area contributed by atoms with E-state index in [2.05, 4.69) is 20.8 Å². The van der Waals surface area contributed by atoms with Crippen molar-refractivity contribution in [3.63, 3.8) is 0 Å². The standard InChI is InChI=1S/C12H20N6OS/c13-11(19)10(14-8-5-6-8)7-20-12-15-16-17-18(12)9-3-1-2-4-9/h8-10,14H,1-7H2,(H2,13,19). The Morgan fingerprint density at radius 1 is 1.40 bits per heavy atom. The van der Waals surface area contributed by atoms with Crippen LogP contribution in [0.5, 0.6) is 0 Å². The van der Waals surface area contributed by atoms with Gasteiger partial charge in [-0.3, -0.25) is 4.79 Å². The van der Waals surface area contributed by atoms with Crippen molar-refractivity contribution in [1.29, 1.82) is 0 Å². The van der Waals surface area contributed by atoms with Crippen LogP contribution in [0.1, 0.15) is 44.6 Å². The van der Waals surface area contributed by atoms with Gasteiger partial charge in [0.2, 0.25) is 11.1 Å². The molecular weight excluding hydrogens is 276 g/mol. The molecule has 0 spiro atoms. The van der Waals surface area contributed by atoms with Crippen LogP contribution in [0.2, 0.25) is 0 Å². The van der Waals surface area contributed by atoms with Crippen molar-refractivity contribution >= 4 is 17.7 Å². The summed E-state index contributed by atoms with van der Waals surface area (Å²) in [6.07, 6.45) is 7.02. The number of hydrogen-bond donors (Lipinski definition) is 2. The molecule has 8 heteroatoms. The molecule has 2 aliphatic carbocycles. The van der Waals surface area contributed by atoms with Crippen molar-refractivity contribution in [2.45, 2.75) is 61.8 Å². The zero-order valence-corrected chi connectivity index (χ0v) is 12.2. The molecule has 2 fully saturated rings. The van der Waals surface area contributed by atoms with E-state index < -0.39 is 0 Å². The van der Waals surface area contributed by atoms with Crippen molar-refractivity contribution in [2.24, 2.45) is 5.73 Å². The van der Waals surface area contributed by atoms with Crippen LogP contribution < -0.4 is 11.1 Å². The first kappa shape index (κ1) is 13.8. The van der Waals surface area contributed by atoms with Crippen LogP contribution >= 0.6 is 11.8 Å². The van der Waals surface area contributed by atoms with Crippen molar-refractivity contribution in [3.8, 4) is 0 Å². The highest BCUT2D eigenvalue weighted by Crippen LogP contribution is 2.31. The summed E-state index contributed by atoms with van der Waals surface area (Å²) in [5, 5.41) is 16.0. The van der Waals surface area contributed by atoms with Gasteiger partial charge in [-0.2, -0.15) is 0 Å². The molecule has 3 N–H and O–H groups in total. The molecule has 0 bridgehead atoms. The Bertz CT molecular complexity index is 468. The SMILES string of the molecule is NC(=O)C(CSc1nnnn1C1CCCC1)NC1CC1. The first-order valence-electron chi connectivity index (χ1n) is 7.20.